The maximum absolute atomic E-state index is 13.1. The van der Waals surface area contributed by atoms with Crippen LogP contribution in [-0.2, 0) is 9.47 Å². The molecule has 0 aliphatic heterocycles. The first-order chi connectivity index (χ1) is 10.6. The highest BCUT2D eigenvalue weighted by molar-refractivity contribution is 6.38. The van der Waals surface area contributed by atoms with Gasteiger partial charge >= 0.3 is 0 Å². The number of hydrogen-bond acceptors (Lipinski definition) is 3. The number of rotatable bonds is 4. The van der Waals surface area contributed by atoms with E-state index in [1.807, 2.05) is 0 Å². The highest BCUT2D eigenvalue weighted by atomic mass is 35.5. The second-order valence-corrected chi connectivity index (χ2v) is 5.21. The number of methoxy groups -OCH3 is 2. The van der Waals surface area contributed by atoms with Crippen LogP contribution in [0, 0.1) is 5.82 Å². The van der Waals surface area contributed by atoms with E-state index in [0.29, 0.717) is 21.3 Å². The highest BCUT2D eigenvalue weighted by Crippen LogP contribution is 2.34. The van der Waals surface area contributed by atoms with Gasteiger partial charge in [0, 0.05) is 7.11 Å². The summed E-state index contributed by atoms with van der Waals surface area (Å²) in [5, 5.41) is 0.798. The van der Waals surface area contributed by atoms with Crippen molar-refractivity contribution in [1.29, 1.82) is 0 Å². The van der Waals surface area contributed by atoms with Crippen molar-refractivity contribution in [3.8, 4) is 0 Å². The van der Waals surface area contributed by atoms with Crippen LogP contribution in [0.3, 0.4) is 0 Å². The number of nitrogens with zero attached hydrogens (tertiary/aromatic N) is 1. The summed E-state index contributed by atoms with van der Waals surface area (Å²) in [6.07, 6.45) is -0.599. The van der Waals surface area contributed by atoms with E-state index in [4.69, 9.17) is 32.7 Å². The number of benzene rings is 2. The topological polar surface area (TPSA) is 30.8 Å². The lowest BCUT2D eigenvalue weighted by Crippen LogP contribution is -2.16. The maximum atomic E-state index is 13.1. The summed E-state index contributed by atoms with van der Waals surface area (Å²) < 4.78 is 23.8. The molecule has 2 aromatic carbocycles. The van der Waals surface area contributed by atoms with Gasteiger partial charge in [-0.05, 0) is 29.8 Å². The van der Waals surface area contributed by atoms with E-state index in [2.05, 4.69) is 4.99 Å². The Labute approximate surface area is 138 Å². The molecular weight excluding hydrogens is 328 g/mol. The smallest absolute Gasteiger partial charge is 0.223 e. The Morgan fingerprint density at radius 2 is 1.64 bits per heavy atom. The molecule has 0 aliphatic rings. The van der Waals surface area contributed by atoms with Gasteiger partial charge in [-0.2, -0.15) is 0 Å². The molecule has 22 heavy (non-hydrogen) atoms. The largest absolute Gasteiger partial charge is 0.482 e. The van der Waals surface area contributed by atoms with Crippen LogP contribution in [0.1, 0.15) is 11.7 Å². The average Bonchev–Trinajstić information content (AvgIpc) is 2.51. The molecule has 6 heteroatoms. The van der Waals surface area contributed by atoms with Gasteiger partial charge in [-0.1, -0.05) is 41.4 Å². The van der Waals surface area contributed by atoms with Gasteiger partial charge in [0.1, 0.15) is 11.5 Å². The second-order valence-electron chi connectivity index (χ2n) is 4.39. The van der Waals surface area contributed by atoms with E-state index in [0.717, 1.165) is 0 Å². The first kappa shape index (κ1) is 16.7. The van der Waals surface area contributed by atoms with Crippen LogP contribution >= 0.6 is 23.2 Å². The Morgan fingerprint density at radius 1 is 1.05 bits per heavy atom. The quantitative estimate of drug-likeness (QED) is 0.565. The minimum Gasteiger partial charge on any atom is -0.482 e. The first-order valence-electron chi connectivity index (χ1n) is 6.41. The molecule has 0 aliphatic carbocycles. The summed E-state index contributed by atoms with van der Waals surface area (Å²) in [6.45, 7) is 0. The predicted octanol–water partition coefficient (Wildman–Crippen LogP) is 5.20. The number of halogens is 3. The van der Waals surface area contributed by atoms with E-state index in [9.17, 15) is 4.39 Å². The molecule has 0 fully saturated rings. The molecule has 0 saturated carbocycles. The predicted molar refractivity (Wildman–Crippen MR) is 86.7 cm³/mol. The molecule has 1 atom stereocenters. The molecule has 0 heterocycles. The van der Waals surface area contributed by atoms with Gasteiger partial charge in [-0.3, -0.25) is 0 Å². The van der Waals surface area contributed by atoms with Crippen LogP contribution in [-0.4, -0.2) is 20.1 Å². The third-order valence-corrected chi connectivity index (χ3v) is 3.61. The molecule has 0 spiro atoms. The first-order valence-corrected chi connectivity index (χ1v) is 7.17. The van der Waals surface area contributed by atoms with Crippen molar-refractivity contribution in [2.45, 2.75) is 6.10 Å². The SMILES string of the molecule is COC(=Nc1c(Cl)cccc1Cl)C(OC)c1ccc(F)cc1. The molecule has 116 valence electrons. The summed E-state index contributed by atoms with van der Waals surface area (Å²) in [4.78, 5) is 4.36. The van der Waals surface area contributed by atoms with Gasteiger partial charge < -0.3 is 9.47 Å². The Kier molecular flexibility index (Phi) is 5.77. The average molecular weight is 342 g/mol. The Morgan fingerprint density at radius 3 is 2.14 bits per heavy atom. The van der Waals surface area contributed by atoms with Crippen LogP contribution < -0.4 is 0 Å². The third kappa shape index (κ3) is 3.77. The zero-order valence-corrected chi connectivity index (χ0v) is 13.5. The van der Waals surface area contributed by atoms with Crippen LogP contribution in [0.5, 0.6) is 0 Å². The highest BCUT2D eigenvalue weighted by Gasteiger charge is 2.20. The fourth-order valence-corrected chi connectivity index (χ4v) is 2.42. The van der Waals surface area contributed by atoms with Crippen molar-refractivity contribution in [2.75, 3.05) is 14.2 Å². The summed E-state index contributed by atoms with van der Waals surface area (Å²) in [6, 6.07) is 11.0. The van der Waals surface area contributed by atoms with Gasteiger partial charge in [0.25, 0.3) is 0 Å². The lowest BCUT2D eigenvalue weighted by atomic mass is 10.1. The van der Waals surface area contributed by atoms with Gasteiger partial charge in [-0.25, -0.2) is 9.38 Å². The van der Waals surface area contributed by atoms with Crippen molar-refractivity contribution in [3.05, 3.63) is 63.9 Å². The van der Waals surface area contributed by atoms with Crippen molar-refractivity contribution >= 4 is 34.8 Å². The zero-order chi connectivity index (χ0) is 16.1. The number of aliphatic imine (C=N–C) groups is 1. The number of hydrogen-bond donors (Lipinski definition) is 0. The Hall–Kier alpha value is -1.62. The minimum absolute atomic E-state index is 0.268. The van der Waals surface area contributed by atoms with Gasteiger partial charge in [0.15, 0.2) is 6.10 Å². The van der Waals surface area contributed by atoms with Crippen LogP contribution in [0.15, 0.2) is 47.5 Å². The molecule has 0 saturated heterocycles. The van der Waals surface area contributed by atoms with Crippen molar-refractivity contribution < 1.29 is 13.9 Å². The molecular formula is C16H14Cl2FNO2. The van der Waals surface area contributed by atoms with Crippen molar-refractivity contribution in [3.63, 3.8) is 0 Å². The summed E-state index contributed by atoms with van der Waals surface area (Å²) in [7, 11) is 2.98. The molecule has 0 amide bonds. The molecule has 3 nitrogen and oxygen atoms in total. The molecule has 2 rings (SSSR count). The van der Waals surface area contributed by atoms with Crippen molar-refractivity contribution in [2.24, 2.45) is 4.99 Å². The lowest BCUT2D eigenvalue weighted by Gasteiger charge is -2.17. The Bertz CT molecular complexity index is 654. The van der Waals surface area contributed by atoms with Crippen LogP contribution in [0.25, 0.3) is 0 Å². The van der Waals surface area contributed by atoms with E-state index < -0.39 is 6.10 Å². The number of para-hydroxylation sites is 1. The summed E-state index contributed by atoms with van der Waals surface area (Å²) in [5.41, 5.74) is 1.10. The second kappa shape index (κ2) is 7.58. The summed E-state index contributed by atoms with van der Waals surface area (Å²) >= 11 is 12.2. The van der Waals surface area contributed by atoms with Crippen LogP contribution in [0.2, 0.25) is 10.0 Å². The fourth-order valence-electron chi connectivity index (χ4n) is 1.93. The molecule has 0 aromatic heterocycles. The molecule has 2 aromatic rings. The summed E-state index contributed by atoms with van der Waals surface area (Å²) in [5.74, 6) is -0.0623. The van der Waals surface area contributed by atoms with E-state index in [1.54, 1.807) is 30.3 Å². The third-order valence-electron chi connectivity index (χ3n) is 3.00. The monoisotopic (exact) mass is 341 g/mol. The lowest BCUT2D eigenvalue weighted by molar-refractivity contribution is 0.135. The fraction of sp³-hybridized carbons (Fsp3) is 0.188. The van der Waals surface area contributed by atoms with Crippen LogP contribution in [0.4, 0.5) is 10.1 Å². The standard InChI is InChI=1S/C16H14Cl2FNO2/c1-21-15(10-6-8-11(19)9-7-10)16(22-2)20-14-12(17)4-3-5-13(14)18/h3-9,15H,1-2H3. The molecule has 0 radical (unpaired) electrons. The molecule has 0 N–H and O–H groups in total. The Balaban J connectivity index is 2.44. The molecule has 0 bridgehead atoms. The van der Waals surface area contributed by atoms with E-state index in [1.165, 1.54) is 26.4 Å². The van der Waals surface area contributed by atoms with Gasteiger partial charge in [-0.15, -0.1) is 0 Å². The van der Waals surface area contributed by atoms with Crippen molar-refractivity contribution in [1.82, 2.24) is 0 Å². The van der Waals surface area contributed by atoms with Gasteiger partial charge in [0.05, 0.1) is 17.2 Å². The maximum Gasteiger partial charge on any atom is 0.223 e. The minimum atomic E-state index is -0.599. The molecule has 1 unspecified atom stereocenters. The zero-order valence-electron chi connectivity index (χ0n) is 12.0. The number of ether oxygens (including phenoxy) is 2. The van der Waals surface area contributed by atoms with Gasteiger partial charge in [0.2, 0.25) is 5.90 Å². The van der Waals surface area contributed by atoms with E-state index >= 15 is 0 Å². The van der Waals surface area contributed by atoms with E-state index in [-0.39, 0.29) is 11.7 Å². The normalized spacial score (nSPS) is 13.0.